The minimum absolute atomic E-state index is 0.178. The number of carbonyl (C=O) groups is 1. The summed E-state index contributed by atoms with van der Waals surface area (Å²) in [4.78, 5) is 11.8. The fourth-order valence-electron chi connectivity index (χ4n) is 2.37. The van der Waals surface area contributed by atoms with E-state index in [1.807, 2.05) is 59.8 Å². The number of hydrogen-bond donors (Lipinski definition) is 1. The van der Waals surface area contributed by atoms with Gasteiger partial charge in [0.25, 0.3) is 0 Å². The van der Waals surface area contributed by atoms with E-state index in [2.05, 4.69) is 0 Å². The fraction of sp³-hybridized carbons (Fsp3) is 0.188. The molecule has 104 valence electrons. The van der Waals surface area contributed by atoms with Crippen LogP contribution in [0.2, 0.25) is 0 Å². The molecule has 4 heteroatoms. The highest BCUT2D eigenvalue weighted by Gasteiger charge is 2.28. The lowest BCUT2D eigenvalue weighted by Crippen LogP contribution is -2.26. The molecule has 0 fully saturated rings. The van der Waals surface area contributed by atoms with Crippen molar-refractivity contribution >= 4 is 28.5 Å². The Morgan fingerprint density at radius 1 is 1.20 bits per heavy atom. The Kier molecular flexibility index (Phi) is 4.75. The highest BCUT2D eigenvalue weighted by molar-refractivity contribution is 14.1. The van der Waals surface area contributed by atoms with E-state index in [1.165, 1.54) is 6.07 Å². The van der Waals surface area contributed by atoms with Crippen LogP contribution in [0.4, 0.5) is 4.39 Å². The minimum Gasteiger partial charge on any atom is -0.369 e. The van der Waals surface area contributed by atoms with Gasteiger partial charge >= 0.3 is 0 Å². The molecule has 0 radical (unpaired) electrons. The summed E-state index contributed by atoms with van der Waals surface area (Å²) in [5.74, 6) is -1.75. The van der Waals surface area contributed by atoms with Gasteiger partial charge in [-0.05, 0) is 46.2 Å². The molecule has 0 saturated heterocycles. The topological polar surface area (TPSA) is 43.1 Å². The van der Waals surface area contributed by atoms with Crippen LogP contribution in [-0.2, 0) is 4.79 Å². The number of benzene rings is 2. The first-order valence-corrected chi connectivity index (χ1v) is 7.37. The monoisotopic (exact) mass is 383 g/mol. The van der Waals surface area contributed by atoms with Crippen LogP contribution in [0.15, 0.2) is 48.5 Å². The average molecular weight is 383 g/mol. The number of nitrogens with two attached hydrogens (primary N) is 1. The van der Waals surface area contributed by atoms with Gasteiger partial charge in [-0.25, -0.2) is 4.39 Å². The van der Waals surface area contributed by atoms with Crippen LogP contribution in [0, 0.1) is 9.39 Å². The minimum atomic E-state index is -0.672. The molecular weight excluding hydrogens is 368 g/mol. The third-order valence-electron chi connectivity index (χ3n) is 3.43. The molecule has 0 heterocycles. The zero-order valence-electron chi connectivity index (χ0n) is 11.0. The van der Waals surface area contributed by atoms with Gasteiger partial charge in [0.1, 0.15) is 5.82 Å². The van der Waals surface area contributed by atoms with Crippen LogP contribution in [-0.4, -0.2) is 5.91 Å². The van der Waals surface area contributed by atoms with Crippen LogP contribution in [0.25, 0.3) is 0 Å². The van der Waals surface area contributed by atoms with Crippen LogP contribution in [0.1, 0.15) is 29.9 Å². The Morgan fingerprint density at radius 2 is 1.85 bits per heavy atom. The van der Waals surface area contributed by atoms with Gasteiger partial charge in [-0.2, -0.15) is 0 Å². The lowest BCUT2D eigenvalue weighted by Gasteiger charge is -2.22. The Balaban J connectivity index is 2.44. The third kappa shape index (κ3) is 3.17. The number of rotatable bonds is 4. The molecule has 2 aromatic carbocycles. The van der Waals surface area contributed by atoms with E-state index in [4.69, 9.17) is 5.73 Å². The smallest absolute Gasteiger partial charge is 0.225 e. The lowest BCUT2D eigenvalue weighted by atomic mass is 9.82. The van der Waals surface area contributed by atoms with Crippen LogP contribution < -0.4 is 5.73 Å². The van der Waals surface area contributed by atoms with Crippen molar-refractivity contribution in [3.63, 3.8) is 0 Å². The molecule has 20 heavy (non-hydrogen) atoms. The van der Waals surface area contributed by atoms with Gasteiger partial charge in [0.2, 0.25) is 5.91 Å². The zero-order chi connectivity index (χ0) is 14.7. The van der Waals surface area contributed by atoms with Crippen molar-refractivity contribution in [3.05, 3.63) is 69.0 Å². The zero-order valence-corrected chi connectivity index (χ0v) is 13.2. The SMILES string of the molecule is CC(c1ccccc1)C(C(N)=O)c1ccc(I)cc1F. The van der Waals surface area contributed by atoms with E-state index in [9.17, 15) is 9.18 Å². The number of carbonyl (C=O) groups excluding carboxylic acids is 1. The van der Waals surface area contributed by atoms with E-state index < -0.39 is 11.8 Å². The van der Waals surface area contributed by atoms with Gasteiger partial charge in [0.15, 0.2) is 0 Å². The highest BCUT2D eigenvalue weighted by atomic mass is 127. The average Bonchev–Trinajstić information content (AvgIpc) is 2.42. The molecule has 2 unspecified atom stereocenters. The van der Waals surface area contributed by atoms with Crippen LogP contribution in [0.5, 0.6) is 0 Å². The van der Waals surface area contributed by atoms with E-state index in [0.29, 0.717) is 5.56 Å². The molecule has 0 saturated carbocycles. The van der Waals surface area contributed by atoms with Gasteiger partial charge in [-0.1, -0.05) is 43.3 Å². The Bertz CT molecular complexity index is 615. The van der Waals surface area contributed by atoms with Crippen LogP contribution >= 0.6 is 22.6 Å². The van der Waals surface area contributed by atoms with Crippen molar-refractivity contribution in [2.24, 2.45) is 5.73 Å². The summed E-state index contributed by atoms with van der Waals surface area (Å²) in [5.41, 5.74) is 6.83. The van der Waals surface area contributed by atoms with Crippen molar-refractivity contribution in [1.82, 2.24) is 0 Å². The quantitative estimate of drug-likeness (QED) is 0.802. The molecule has 0 aliphatic carbocycles. The second-order valence-corrected chi connectivity index (χ2v) is 5.99. The standard InChI is InChI=1S/C16H15FINO/c1-10(11-5-3-2-4-6-11)15(16(19)20)13-8-7-12(18)9-14(13)17/h2-10,15H,1H3,(H2,19,20). The van der Waals surface area contributed by atoms with E-state index >= 15 is 0 Å². The van der Waals surface area contributed by atoms with Gasteiger partial charge in [0, 0.05) is 9.13 Å². The molecule has 1 amide bonds. The Morgan fingerprint density at radius 3 is 2.40 bits per heavy atom. The summed E-state index contributed by atoms with van der Waals surface area (Å²) in [6.07, 6.45) is 0. The second kappa shape index (κ2) is 6.35. The molecule has 2 nitrogen and oxygen atoms in total. The van der Waals surface area contributed by atoms with Gasteiger partial charge in [-0.3, -0.25) is 4.79 Å². The highest BCUT2D eigenvalue weighted by Crippen LogP contribution is 2.34. The lowest BCUT2D eigenvalue weighted by molar-refractivity contribution is -0.119. The largest absolute Gasteiger partial charge is 0.369 e. The van der Waals surface area contributed by atoms with Gasteiger partial charge in [-0.15, -0.1) is 0 Å². The molecule has 2 atom stereocenters. The van der Waals surface area contributed by atoms with Crippen molar-refractivity contribution < 1.29 is 9.18 Å². The summed E-state index contributed by atoms with van der Waals surface area (Å²) in [7, 11) is 0. The number of primary amides is 1. The predicted molar refractivity (Wildman–Crippen MR) is 85.9 cm³/mol. The summed E-state index contributed by atoms with van der Waals surface area (Å²) in [6, 6.07) is 14.4. The summed E-state index contributed by atoms with van der Waals surface area (Å²) in [6.45, 7) is 1.89. The van der Waals surface area contributed by atoms with E-state index in [0.717, 1.165) is 9.13 Å². The molecule has 0 aliphatic heterocycles. The molecule has 0 aromatic heterocycles. The summed E-state index contributed by atoms with van der Waals surface area (Å²) < 4.78 is 14.9. The number of halogens is 2. The third-order valence-corrected chi connectivity index (χ3v) is 4.10. The normalized spacial score (nSPS) is 13.8. The predicted octanol–water partition coefficient (Wildman–Crippen LogP) is 3.80. The first-order valence-electron chi connectivity index (χ1n) is 6.30. The Hall–Kier alpha value is -1.43. The van der Waals surface area contributed by atoms with E-state index in [-0.39, 0.29) is 11.7 Å². The molecule has 2 rings (SSSR count). The second-order valence-electron chi connectivity index (χ2n) is 4.75. The van der Waals surface area contributed by atoms with Crippen molar-refractivity contribution in [3.8, 4) is 0 Å². The Labute approximate surface area is 131 Å². The molecule has 2 aromatic rings. The maximum absolute atomic E-state index is 14.1. The fourth-order valence-corrected chi connectivity index (χ4v) is 2.82. The number of hydrogen-bond acceptors (Lipinski definition) is 1. The molecule has 0 aliphatic rings. The van der Waals surface area contributed by atoms with Crippen molar-refractivity contribution in [2.45, 2.75) is 18.8 Å². The first-order chi connectivity index (χ1) is 9.50. The summed E-state index contributed by atoms with van der Waals surface area (Å²) in [5, 5.41) is 0. The first kappa shape index (κ1) is 15.0. The molecule has 0 bridgehead atoms. The van der Waals surface area contributed by atoms with Crippen molar-refractivity contribution in [2.75, 3.05) is 0 Å². The maximum atomic E-state index is 14.1. The number of amides is 1. The molecular formula is C16H15FINO. The van der Waals surface area contributed by atoms with E-state index in [1.54, 1.807) is 12.1 Å². The maximum Gasteiger partial charge on any atom is 0.225 e. The van der Waals surface area contributed by atoms with Gasteiger partial charge < -0.3 is 5.73 Å². The van der Waals surface area contributed by atoms with Gasteiger partial charge in [0.05, 0.1) is 5.92 Å². The molecule has 2 N–H and O–H groups in total. The van der Waals surface area contributed by atoms with Crippen molar-refractivity contribution in [1.29, 1.82) is 0 Å². The van der Waals surface area contributed by atoms with Crippen LogP contribution in [0.3, 0.4) is 0 Å². The summed E-state index contributed by atoms with van der Waals surface area (Å²) >= 11 is 2.04. The molecule has 0 spiro atoms.